The second-order valence-electron chi connectivity index (χ2n) is 6.82. The van der Waals surface area contributed by atoms with Gasteiger partial charge in [0.15, 0.2) is 0 Å². The van der Waals surface area contributed by atoms with Crippen molar-refractivity contribution in [2.24, 2.45) is 5.92 Å². The number of alkyl carbamates (subject to hydrolysis) is 1. The Morgan fingerprint density at radius 1 is 1.04 bits per heavy atom. The number of rotatable bonds is 11. The molecule has 0 radical (unpaired) electrons. The maximum atomic E-state index is 11.7. The van der Waals surface area contributed by atoms with Crippen molar-refractivity contribution in [3.05, 3.63) is 0 Å². The van der Waals surface area contributed by atoms with Crippen molar-refractivity contribution in [1.29, 1.82) is 0 Å². The van der Waals surface area contributed by atoms with Crippen LogP contribution in [0.1, 0.15) is 46.5 Å². The molecule has 0 aliphatic rings. The highest BCUT2D eigenvalue weighted by atomic mass is 32.2. The van der Waals surface area contributed by atoms with Crippen molar-refractivity contribution < 1.29 is 41.9 Å². The summed E-state index contributed by atoms with van der Waals surface area (Å²) in [4.78, 5) is 34.2. The van der Waals surface area contributed by atoms with Gasteiger partial charge in [-0.25, -0.2) is 9.59 Å². The Labute approximate surface area is 153 Å². The minimum Gasteiger partial charge on any atom is -0.481 e. The molecule has 0 saturated heterocycles. The molecule has 0 aliphatic carbocycles. The van der Waals surface area contributed by atoms with E-state index in [-0.39, 0.29) is 32.3 Å². The van der Waals surface area contributed by atoms with E-state index in [2.05, 4.69) is 9.50 Å². The van der Waals surface area contributed by atoms with Gasteiger partial charge in [-0.05, 0) is 46.5 Å². The fraction of sp³-hybridized carbons (Fsp3) is 0.800. The molecule has 1 unspecified atom stereocenters. The predicted molar refractivity (Wildman–Crippen MR) is 91.2 cm³/mol. The van der Waals surface area contributed by atoms with Gasteiger partial charge in [-0.3, -0.25) is 8.98 Å². The molecule has 0 bridgehead atoms. The van der Waals surface area contributed by atoms with Crippen molar-refractivity contribution >= 4 is 28.1 Å². The lowest BCUT2D eigenvalue weighted by atomic mass is 9.95. The van der Waals surface area contributed by atoms with Gasteiger partial charge in [0.25, 0.3) is 10.1 Å². The summed E-state index contributed by atoms with van der Waals surface area (Å²) < 4.78 is 31.2. The Bertz CT molecular complexity index is 595. The van der Waals surface area contributed by atoms with Crippen LogP contribution in [0.2, 0.25) is 0 Å². The molecule has 0 aromatic heterocycles. The predicted octanol–water partition coefficient (Wildman–Crippen LogP) is 1.20. The van der Waals surface area contributed by atoms with Crippen LogP contribution in [0.4, 0.5) is 4.79 Å². The first kappa shape index (κ1) is 24.1. The van der Waals surface area contributed by atoms with Gasteiger partial charge in [-0.2, -0.15) is 8.42 Å². The number of aliphatic carboxylic acids is 2. The fourth-order valence-electron chi connectivity index (χ4n) is 2.01. The third kappa shape index (κ3) is 12.5. The van der Waals surface area contributed by atoms with Gasteiger partial charge >= 0.3 is 18.0 Å². The molecular formula is C15H27NO9S. The van der Waals surface area contributed by atoms with E-state index in [0.29, 0.717) is 0 Å². The molecule has 0 spiro atoms. The van der Waals surface area contributed by atoms with Crippen LogP contribution in [-0.2, 0) is 28.6 Å². The van der Waals surface area contributed by atoms with E-state index in [1.165, 1.54) is 0 Å². The summed E-state index contributed by atoms with van der Waals surface area (Å²) >= 11 is 0. The molecule has 0 saturated carbocycles. The van der Waals surface area contributed by atoms with Crippen LogP contribution in [0.3, 0.4) is 0 Å². The smallest absolute Gasteiger partial charge is 0.408 e. The highest BCUT2D eigenvalue weighted by Gasteiger charge is 2.26. The Morgan fingerprint density at radius 2 is 1.62 bits per heavy atom. The van der Waals surface area contributed by atoms with Gasteiger partial charge in [-0.1, -0.05) is 0 Å². The molecule has 0 aromatic carbocycles. The summed E-state index contributed by atoms with van der Waals surface area (Å²) in [6, 6.07) is -1.29. The Hall–Kier alpha value is -1.88. The molecule has 26 heavy (non-hydrogen) atoms. The number of carboxylic acids is 2. The molecular weight excluding hydrogens is 370 g/mol. The molecule has 10 nitrogen and oxygen atoms in total. The molecule has 152 valence electrons. The van der Waals surface area contributed by atoms with Crippen LogP contribution in [0, 0.1) is 5.92 Å². The topological polar surface area (TPSA) is 156 Å². The molecule has 2 atom stereocenters. The summed E-state index contributed by atoms with van der Waals surface area (Å²) in [5.41, 5.74) is -0.795. The molecule has 0 aliphatic heterocycles. The molecule has 3 N–H and O–H groups in total. The first-order valence-corrected chi connectivity index (χ1v) is 9.82. The quantitative estimate of drug-likeness (QED) is 0.344. The summed E-state index contributed by atoms with van der Waals surface area (Å²) in [6.07, 6.45) is 0.157. The highest BCUT2D eigenvalue weighted by molar-refractivity contribution is 7.85. The van der Waals surface area contributed by atoms with E-state index in [1.807, 2.05) is 0 Å². The number of amides is 1. The average Bonchev–Trinajstić information content (AvgIpc) is 2.41. The van der Waals surface area contributed by atoms with Gasteiger partial charge in [0.2, 0.25) is 0 Å². The zero-order valence-electron chi connectivity index (χ0n) is 15.4. The van der Waals surface area contributed by atoms with Crippen LogP contribution < -0.4 is 5.32 Å². The second kappa shape index (κ2) is 10.3. The van der Waals surface area contributed by atoms with Crippen LogP contribution >= 0.6 is 0 Å². The minimum atomic E-state index is -3.59. The lowest BCUT2D eigenvalue weighted by Crippen LogP contribution is -2.43. The first-order valence-electron chi connectivity index (χ1n) is 8.01. The zero-order chi connectivity index (χ0) is 20.5. The van der Waals surface area contributed by atoms with E-state index >= 15 is 0 Å². The van der Waals surface area contributed by atoms with Crippen LogP contribution in [0.25, 0.3) is 0 Å². The molecule has 0 rings (SSSR count). The molecule has 0 aromatic rings. The number of nitrogens with one attached hydrogen (secondary N) is 1. The van der Waals surface area contributed by atoms with Gasteiger partial charge in [-0.15, -0.1) is 0 Å². The maximum Gasteiger partial charge on any atom is 0.408 e. The van der Waals surface area contributed by atoms with Crippen LogP contribution in [0.5, 0.6) is 0 Å². The van der Waals surface area contributed by atoms with E-state index < -0.39 is 45.7 Å². The summed E-state index contributed by atoms with van der Waals surface area (Å²) in [6.45, 7) is 4.73. The summed E-state index contributed by atoms with van der Waals surface area (Å²) in [7, 11) is -3.59. The van der Waals surface area contributed by atoms with Crippen LogP contribution in [0.15, 0.2) is 0 Å². The first-order chi connectivity index (χ1) is 11.7. The van der Waals surface area contributed by atoms with Gasteiger partial charge < -0.3 is 20.3 Å². The van der Waals surface area contributed by atoms with Crippen molar-refractivity contribution in [2.45, 2.75) is 58.1 Å². The molecule has 0 fully saturated rings. The Morgan fingerprint density at radius 3 is 2.04 bits per heavy atom. The van der Waals surface area contributed by atoms with Crippen molar-refractivity contribution in [3.8, 4) is 0 Å². The SMILES string of the molecule is CC(C)(C)OC(=O)N[C@@H](CCC(CCCOS(C)(=O)=O)C(=O)O)C(=O)O. The number of carboxylic acid groups (broad SMARTS) is 2. The lowest BCUT2D eigenvalue weighted by molar-refractivity contribution is -0.144. The van der Waals surface area contributed by atoms with E-state index in [4.69, 9.17) is 4.74 Å². The molecule has 1 amide bonds. The van der Waals surface area contributed by atoms with Crippen molar-refractivity contribution in [3.63, 3.8) is 0 Å². The Kier molecular flexibility index (Phi) is 9.57. The highest BCUT2D eigenvalue weighted by Crippen LogP contribution is 2.17. The van der Waals surface area contributed by atoms with E-state index in [1.54, 1.807) is 20.8 Å². The summed E-state index contributed by atoms with van der Waals surface area (Å²) in [5.74, 6) is -3.33. The standard InChI is InChI=1S/C15H27NO9S/c1-15(2,3)25-14(21)16-11(13(19)20)8-7-10(12(17)18)6-5-9-24-26(4,22)23/h10-11H,5-9H2,1-4H3,(H,16,21)(H,17,18)(H,19,20)/t10?,11-/m0/s1. The third-order valence-electron chi connectivity index (χ3n) is 3.14. The van der Waals surface area contributed by atoms with Crippen molar-refractivity contribution in [1.82, 2.24) is 5.32 Å². The number of hydrogen-bond acceptors (Lipinski definition) is 7. The average molecular weight is 397 g/mol. The number of hydrogen-bond donors (Lipinski definition) is 3. The Balaban J connectivity index is 4.58. The molecule has 0 heterocycles. The lowest BCUT2D eigenvalue weighted by Gasteiger charge is -2.22. The van der Waals surface area contributed by atoms with Gasteiger partial charge in [0.1, 0.15) is 11.6 Å². The molecule has 11 heteroatoms. The number of carbonyl (C=O) groups excluding carboxylic acids is 1. The number of carbonyl (C=O) groups is 3. The number of ether oxygens (including phenoxy) is 1. The van der Waals surface area contributed by atoms with Crippen LogP contribution in [-0.4, -0.2) is 61.2 Å². The second-order valence-corrected chi connectivity index (χ2v) is 8.46. The largest absolute Gasteiger partial charge is 0.481 e. The van der Waals surface area contributed by atoms with Gasteiger partial charge in [0.05, 0.1) is 18.8 Å². The fourth-order valence-corrected chi connectivity index (χ4v) is 2.43. The van der Waals surface area contributed by atoms with Gasteiger partial charge in [0, 0.05) is 0 Å². The normalized spacial score (nSPS) is 14.3. The minimum absolute atomic E-state index is 0.0129. The third-order valence-corrected chi connectivity index (χ3v) is 3.73. The zero-order valence-corrected chi connectivity index (χ0v) is 16.2. The maximum absolute atomic E-state index is 11.7. The van der Waals surface area contributed by atoms with E-state index in [9.17, 15) is 33.0 Å². The summed E-state index contributed by atoms with van der Waals surface area (Å²) in [5, 5.41) is 20.6. The monoisotopic (exact) mass is 397 g/mol. The van der Waals surface area contributed by atoms with Crippen molar-refractivity contribution in [2.75, 3.05) is 12.9 Å². The van der Waals surface area contributed by atoms with E-state index in [0.717, 1.165) is 6.26 Å².